The number of hydrogen-bond donors (Lipinski definition) is 4. The Hall–Kier alpha value is -1.14. The third kappa shape index (κ3) is 4.16. The van der Waals surface area contributed by atoms with E-state index in [1.807, 2.05) is 18.2 Å². The predicted octanol–water partition coefficient (Wildman–Crippen LogP) is -0.326. The van der Waals surface area contributed by atoms with E-state index in [4.69, 9.17) is 9.84 Å². The van der Waals surface area contributed by atoms with Crippen molar-refractivity contribution < 1.29 is 20.1 Å². The third-order valence-electron chi connectivity index (χ3n) is 2.08. The topological polar surface area (TPSA) is 82.0 Å². The molecule has 4 N–H and O–H groups in total. The van der Waals surface area contributed by atoms with Gasteiger partial charge < -0.3 is 20.1 Å². The van der Waals surface area contributed by atoms with Crippen molar-refractivity contribution in [2.45, 2.75) is 18.9 Å². The van der Waals surface area contributed by atoms with Crippen LogP contribution in [0.3, 0.4) is 0 Å². The molecule has 0 aromatic heterocycles. The van der Waals surface area contributed by atoms with E-state index in [0.29, 0.717) is 5.75 Å². The van der Waals surface area contributed by atoms with Gasteiger partial charge in [0.25, 0.3) is 0 Å². The monoisotopic (exact) mass is 227 g/mol. The first-order valence-corrected chi connectivity index (χ1v) is 5.08. The summed E-state index contributed by atoms with van der Waals surface area (Å²) in [4.78, 5) is 0. The molecule has 0 saturated heterocycles. The zero-order valence-corrected chi connectivity index (χ0v) is 9.13. The summed E-state index contributed by atoms with van der Waals surface area (Å²) in [6, 6.07) is 9.19. The molecule has 5 nitrogen and oxygen atoms in total. The zero-order chi connectivity index (χ0) is 12.0. The smallest absolute Gasteiger partial charge is 0.249 e. The molecule has 0 aliphatic rings. The lowest BCUT2D eigenvalue weighted by Crippen LogP contribution is -2.54. The van der Waals surface area contributed by atoms with E-state index in [1.165, 1.54) is 6.92 Å². The molecule has 0 aliphatic heterocycles. The van der Waals surface area contributed by atoms with Crippen LogP contribution in [0, 0.1) is 0 Å². The van der Waals surface area contributed by atoms with Gasteiger partial charge in [-0.15, -0.1) is 0 Å². The van der Waals surface area contributed by atoms with Crippen LogP contribution in [-0.2, 0) is 0 Å². The fourth-order valence-corrected chi connectivity index (χ4v) is 1.07. The maximum Gasteiger partial charge on any atom is 0.249 e. The van der Waals surface area contributed by atoms with Crippen LogP contribution in [0.15, 0.2) is 30.3 Å². The van der Waals surface area contributed by atoms with Crippen molar-refractivity contribution >= 4 is 0 Å². The SMILES string of the molecule is CC(O)C(O)(O)NCCOc1ccccc1. The maximum atomic E-state index is 9.23. The summed E-state index contributed by atoms with van der Waals surface area (Å²) in [6.07, 6.45) is -1.27. The zero-order valence-electron chi connectivity index (χ0n) is 9.13. The van der Waals surface area contributed by atoms with Gasteiger partial charge in [0.2, 0.25) is 5.91 Å². The van der Waals surface area contributed by atoms with Gasteiger partial charge in [0.05, 0.1) is 0 Å². The molecule has 1 unspecified atom stereocenters. The summed E-state index contributed by atoms with van der Waals surface area (Å²) < 4.78 is 5.31. The number of para-hydroxylation sites is 1. The van der Waals surface area contributed by atoms with E-state index >= 15 is 0 Å². The van der Waals surface area contributed by atoms with E-state index in [-0.39, 0.29) is 13.2 Å². The summed E-state index contributed by atoms with van der Waals surface area (Å²) in [6.45, 7) is 1.78. The van der Waals surface area contributed by atoms with Gasteiger partial charge in [0, 0.05) is 6.54 Å². The van der Waals surface area contributed by atoms with Crippen LogP contribution >= 0.6 is 0 Å². The molecule has 1 aromatic carbocycles. The second-order valence-corrected chi connectivity index (χ2v) is 3.49. The number of aliphatic hydroxyl groups is 3. The second kappa shape index (κ2) is 5.81. The Morgan fingerprint density at radius 2 is 1.94 bits per heavy atom. The lowest BCUT2D eigenvalue weighted by atomic mass is 10.3. The summed E-state index contributed by atoms with van der Waals surface area (Å²) in [5, 5.41) is 29.8. The largest absolute Gasteiger partial charge is 0.492 e. The van der Waals surface area contributed by atoms with Crippen molar-refractivity contribution in [3.63, 3.8) is 0 Å². The molecular formula is C11H17NO4. The average molecular weight is 227 g/mol. The van der Waals surface area contributed by atoms with E-state index in [9.17, 15) is 10.2 Å². The number of hydrogen-bond acceptors (Lipinski definition) is 5. The normalized spacial score (nSPS) is 13.5. The first kappa shape index (κ1) is 12.9. The van der Waals surface area contributed by atoms with Crippen molar-refractivity contribution in [1.29, 1.82) is 0 Å². The van der Waals surface area contributed by atoms with Gasteiger partial charge in [0.15, 0.2) is 0 Å². The van der Waals surface area contributed by atoms with Crippen LogP contribution in [-0.4, -0.2) is 40.5 Å². The highest BCUT2D eigenvalue weighted by atomic mass is 16.5. The Balaban J connectivity index is 2.22. The van der Waals surface area contributed by atoms with Gasteiger partial charge in [-0.05, 0) is 19.1 Å². The third-order valence-corrected chi connectivity index (χ3v) is 2.08. The Morgan fingerprint density at radius 1 is 1.31 bits per heavy atom. The van der Waals surface area contributed by atoms with Crippen molar-refractivity contribution in [2.24, 2.45) is 0 Å². The van der Waals surface area contributed by atoms with Gasteiger partial charge in [-0.2, -0.15) is 0 Å². The van der Waals surface area contributed by atoms with Crippen LogP contribution in [0.25, 0.3) is 0 Å². The first-order chi connectivity index (χ1) is 7.52. The summed E-state index contributed by atoms with van der Waals surface area (Å²) in [5.74, 6) is -1.57. The molecule has 0 radical (unpaired) electrons. The first-order valence-electron chi connectivity index (χ1n) is 5.08. The van der Waals surface area contributed by atoms with Crippen molar-refractivity contribution in [3.8, 4) is 5.75 Å². The number of nitrogens with one attached hydrogen (secondary N) is 1. The molecule has 0 fully saturated rings. The van der Waals surface area contributed by atoms with Gasteiger partial charge in [-0.25, -0.2) is 0 Å². The van der Waals surface area contributed by atoms with Crippen LogP contribution in [0.1, 0.15) is 6.92 Å². The van der Waals surface area contributed by atoms with Gasteiger partial charge >= 0.3 is 0 Å². The van der Waals surface area contributed by atoms with E-state index in [0.717, 1.165) is 0 Å². The number of aliphatic hydroxyl groups excluding tert-OH is 1. The minimum Gasteiger partial charge on any atom is -0.492 e. The Bertz CT molecular complexity index is 300. The summed E-state index contributed by atoms with van der Waals surface area (Å²) >= 11 is 0. The summed E-state index contributed by atoms with van der Waals surface area (Å²) in [7, 11) is 0. The maximum absolute atomic E-state index is 9.23. The standard InChI is InChI=1S/C11H17NO4/c1-9(13)11(14,15)12-7-8-16-10-5-3-2-4-6-10/h2-6,9,12-15H,7-8H2,1H3. The number of benzene rings is 1. The predicted molar refractivity (Wildman–Crippen MR) is 58.8 cm³/mol. The Morgan fingerprint density at radius 3 is 2.50 bits per heavy atom. The molecule has 0 bridgehead atoms. The number of rotatable bonds is 6. The molecule has 0 amide bonds. The lowest BCUT2D eigenvalue weighted by molar-refractivity contribution is -0.240. The minimum absolute atomic E-state index is 0.215. The van der Waals surface area contributed by atoms with Crippen LogP contribution < -0.4 is 10.1 Å². The van der Waals surface area contributed by atoms with Crippen LogP contribution in [0.4, 0.5) is 0 Å². The molecule has 5 heteroatoms. The highest BCUT2D eigenvalue weighted by Crippen LogP contribution is 2.07. The van der Waals surface area contributed by atoms with Crippen molar-refractivity contribution in [1.82, 2.24) is 5.32 Å². The van der Waals surface area contributed by atoms with Gasteiger partial charge in [0.1, 0.15) is 18.5 Å². The average Bonchev–Trinajstić information content (AvgIpc) is 2.26. The van der Waals surface area contributed by atoms with Crippen molar-refractivity contribution in [2.75, 3.05) is 13.2 Å². The molecule has 16 heavy (non-hydrogen) atoms. The van der Waals surface area contributed by atoms with Crippen molar-refractivity contribution in [3.05, 3.63) is 30.3 Å². The van der Waals surface area contributed by atoms with Gasteiger partial charge in [-0.1, -0.05) is 18.2 Å². The lowest BCUT2D eigenvalue weighted by Gasteiger charge is -2.25. The molecule has 0 aliphatic carbocycles. The molecule has 0 saturated carbocycles. The van der Waals surface area contributed by atoms with E-state index in [2.05, 4.69) is 5.32 Å². The molecule has 90 valence electrons. The van der Waals surface area contributed by atoms with Crippen LogP contribution in [0.5, 0.6) is 5.75 Å². The minimum atomic E-state index is -2.28. The molecule has 1 aromatic rings. The highest BCUT2D eigenvalue weighted by Gasteiger charge is 2.28. The molecule has 0 spiro atoms. The number of ether oxygens (including phenoxy) is 1. The summed E-state index contributed by atoms with van der Waals surface area (Å²) in [5.41, 5.74) is 0. The fourth-order valence-electron chi connectivity index (χ4n) is 1.07. The van der Waals surface area contributed by atoms with E-state index in [1.54, 1.807) is 12.1 Å². The molecular weight excluding hydrogens is 210 g/mol. The second-order valence-electron chi connectivity index (χ2n) is 3.49. The molecule has 1 atom stereocenters. The van der Waals surface area contributed by atoms with Crippen LogP contribution in [0.2, 0.25) is 0 Å². The fraction of sp³-hybridized carbons (Fsp3) is 0.455. The highest BCUT2D eigenvalue weighted by molar-refractivity contribution is 5.20. The molecule has 0 heterocycles. The Kier molecular flexibility index (Phi) is 4.70. The van der Waals surface area contributed by atoms with E-state index < -0.39 is 12.0 Å². The molecule has 1 rings (SSSR count). The quantitative estimate of drug-likeness (QED) is 0.395. The Labute approximate surface area is 94.3 Å². The van der Waals surface area contributed by atoms with Gasteiger partial charge in [-0.3, -0.25) is 5.32 Å².